The summed E-state index contributed by atoms with van der Waals surface area (Å²) in [6.07, 6.45) is 0. The number of rotatable bonds is 6. The lowest BCUT2D eigenvalue weighted by atomic mass is 9.94. The summed E-state index contributed by atoms with van der Waals surface area (Å²) in [5, 5.41) is 3.42. The number of nitrogens with zero attached hydrogens (tertiary/aromatic N) is 4. The minimum absolute atomic E-state index is 0.633. The fourth-order valence-corrected chi connectivity index (χ4v) is 7.38. The third-order valence-corrected chi connectivity index (χ3v) is 9.80. The molecule has 0 spiro atoms. The number of aromatic nitrogens is 4. The third kappa shape index (κ3) is 5.56. The summed E-state index contributed by atoms with van der Waals surface area (Å²) in [7, 11) is 0. The summed E-state index contributed by atoms with van der Waals surface area (Å²) < 4.78 is 1.14. The van der Waals surface area contributed by atoms with Gasteiger partial charge in [0, 0.05) is 27.8 Å². The van der Waals surface area contributed by atoms with Gasteiger partial charge in [-0.05, 0) is 45.7 Å². The summed E-state index contributed by atoms with van der Waals surface area (Å²) in [6, 6.07) is 58.7. The van der Waals surface area contributed by atoms with Gasteiger partial charge < -0.3 is 0 Å². The van der Waals surface area contributed by atoms with E-state index in [1.165, 1.54) is 16.3 Å². The van der Waals surface area contributed by atoms with Crippen molar-refractivity contribution in [3.63, 3.8) is 0 Å². The Hall–Kier alpha value is -6.30. The third-order valence-electron chi connectivity index (χ3n) is 8.75. The number of hydrogen-bond acceptors (Lipinski definition) is 5. The zero-order valence-corrected chi connectivity index (χ0v) is 27.2. The number of thiazole rings is 1. The van der Waals surface area contributed by atoms with E-state index in [1.807, 2.05) is 66.7 Å². The molecule has 0 N–H and O–H groups in total. The van der Waals surface area contributed by atoms with Crippen LogP contribution in [0.4, 0.5) is 0 Å². The first-order valence-electron chi connectivity index (χ1n) is 16.2. The van der Waals surface area contributed by atoms with Crippen molar-refractivity contribution < 1.29 is 0 Å². The van der Waals surface area contributed by atoms with Crippen LogP contribution in [0.5, 0.6) is 0 Å². The second-order valence-electron chi connectivity index (χ2n) is 11.9. The highest BCUT2D eigenvalue weighted by molar-refractivity contribution is 7.21. The van der Waals surface area contributed by atoms with Crippen LogP contribution in [-0.4, -0.2) is 19.9 Å². The van der Waals surface area contributed by atoms with Crippen molar-refractivity contribution in [1.82, 2.24) is 19.9 Å². The first kappa shape index (κ1) is 28.9. The highest BCUT2D eigenvalue weighted by Gasteiger charge is 2.17. The molecular formula is C44H28N4S. The molecule has 2 heterocycles. The van der Waals surface area contributed by atoms with Crippen LogP contribution >= 0.6 is 11.3 Å². The molecule has 0 fully saturated rings. The lowest BCUT2D eigenvalue weighted by molar-refractivity contribution is 1.07. The Morgan fingerprint density at radius 1 is 0.347 bits per heavy atom. The summed E-state index contributed by atoms with van der Waals surface area (Å²) >= 11 is 1.73. The van der Waals surface area contributed by atoms with Crippen molar-refractivity contribution in [3.05, 3.63) is 170 Å². The first-order chi connectivity index (χ1) is 24.3. The number of benzene rings is 7. The highest BCUT2D eigenvalue weighted by Crippen LogP contribution is 2.41. The Labute approximate surface area is 288 Å². The van der Waals surface area contributed by atoms with Gasteiger partial charge in [-0.15, -0.1) is 11.3 Å². The second-order valence-corrected chi connectivity index (χ2v) is 12.9. The molecule has 5 heteroatoms. The molecule has 0 radical (unpaired) electrons. The van der Waals surface area contributed by atoms with Crippen LogP contribution in [0, 0.1) is 0 Å². The fourth-order valence-electron chi connectivity index (χ4n) is 6.34. The molecule has 49 heavy (non-hydrogen) atoms. The standard InChI is InChI=1S/C44H28N4S/c1-4-15-30(16-5-1)41-46-42(31-17-6-2-7-18-31)48-43(47-41)34-23-12-22-33(26-34)35-27-38(37-25-13-21-29-14-10-11-24-36(29)37)40-39(28-35)49-44(45-40)32-19-8-3-9-20-32/h1-28H. The molecule has 0 aliphatic rings. The quantitative estimate of drug-likeness (QED) is 0.181. The molecular weight excluding hydrogens is 617 g/mol. The maximum atomic E-state index is 5.23. The Morgan fingerprint density at radius 2 is 0.878 bits per heavy atom. The van der Waals surface area contributed by atoms with Gasteiger partial charge in [-0.1, -0.05) is 152 Å². The molecule has 0 bridgehead atoms. The monoisotopic (exact) mass is 644 g/mol. The average Bonchev–Trinajstić information content (AvgIpc) is 3.63. The normalized spacial score (nSPS) is 11.3. The number of fused-ring (bicyclic) bond motifs is 2. The van der Waals surface area contributed by atoms with E-state index in [0.717, 1.165) is 54.2 Å². The Kier molecular flexibility index (Phi) is 7.30. The van der Waals surface area contributed by atoms with Crippen LogP contribution in [0.3, 0.4) is 0 Å². The summed E-state index contributed by atoms with van der Waals surface area (Å²) in [6.45, 7) is 0. The van der Waals surface area contributed by atoms with E-state index in [9.17, 15) is 0 Å². The van der Waals surface area contributed by atoms with E-state index in [-0.39, 0.29) is 0 Å². The highest BCUT2D eigenvalue weighted by atomic mass is 32.1. The van der Waals surface area contributed by atoms with Crippen molar-refractivity contribution in [2.24, 2.45) is 0 Å². The van der Waals surface area contributed by atoms with Crippen molar-refractivity contribution in [2.45, 2.75) is 0 Å². The van der Waals surface area contributed by atoms with Crippen LogP contribution in [0.25, 0.3) is 88.0 Å². The van der Waals surface area contributed by atoms with E-state index in [1.54, 1.807) is 11.3 Å². The molecule has 0 aliphatic heterocycles. The molecule has 9 aromatic rings. The van der Waals surface area contributed by atoms with Gasteiger partial charge in [0.05, 0.1) is 10.2 Å². The van der Waals surface area contributed by atoms with Gasteiger partial charge in [0.1, 0.15) is 5.01 Å². The molecule has 4 nitrogen and oxygen atoms in total. The Balaban J connectivity index is 1.23. The predicted molar refractivity (Wildman–Crippen MR) is 203 cm³/mol. The van der Waals surface area contributed by atoms with Crippen LogP contribution in [-0.2, 0) is 0 Å². The van der Waals surface area contributed by atoms with E-state index in [0.29, 0.717) is 17.5 Å². The second kappa shape index (κ2) is 12.4. The van der Waals surface area contributed by atoms with Gasteiger partial charge in [0.15, 0.2) is 17.5 Å². The van der Waals surface area contributed by atoms with Gasteiger partial charge >= 0.3 is 0 Å². The molecule has 0 amide bonds. The molecule has 2 aromatic heterocycles. The molecule has 7 aromatic carbocycles. The smallest absolute Gasteiger partial charge is 0.164 e. The molecule has 9 rings (SSSR count). The first-order valence-corrected chi connectivity index (χ1v) is 17.0. The minimum atomic E-state index is 0.633. The van der Waals surface area contributed by atoms with Gasteiger partial charge in [-0.2, -0.15) is 0 Å². The number of hydrogen-bond donors (Lipinski definition) is 0. The topological polar surface area (TPSA) is 51.6 Å². The van der Waals surface area contributed by atoms with Crippen LogP contribution in [0.1, 0.15) is 0 Å². The van der Waals surface area contributed by atoms with Crippen LogP contribution in [0.15, 0.2) is 170 Å². The van der Waals surface area contributed by atoms with Crippen molar-refractivity contribution in [1.29, 1.82) is 0 Å². The van der Waals surface area contributed by atoms with E-state index < -0.39 is 0 Å². The van der Waals surface area contributed by atoms with E-state index >= 15 is 0 Å². The molecule has 230 valence electrons. The van der Waals surface area contributed by atoms with Gasteiger partial charge in [-0.25, -0.2) is 19.9 Å². The zero-order valence-electron chi connectivity index (χ0n) is 26.4. The van der Waals surface area contributed by atoms with Crippen molar-refractivity contribution >= 4 is 32.3 Å². The largest absolute Gasteiger partial charge is 0.235 e. The van der Waals surface area contributed by atoms with Crippen molar-refractivity contribution in [3.8, 4) is 67.0 Å². The summed E-state index contributed by atoms with van der Waals surface area (Å²) in [4.78, 5) is 20.1. The molecule has 0 saturated carbocycles. The summed E-state index contributed by atoms with van der Waals surface area (Å²) in [5.41, 5.74) is 9.43. The fraction of sp³-hybridized carbons (Fsp3) is 0. The molecule has 0 atom stereocenters. The van der Waals surface area contributed by atoms with E-state index in [4.69, 9.17) is 19.9 Å². The Morgan fingerprint density at radius 3 is 1.57 bits per heavy atom. The SMILES string of the molecule is c1ccc(-c2nc(-c3ccccc3)nc(-c3cccc(-c4cc(-c5cccc6ccccc56)c5nc(-c6ccccc6)sc5c4)c3)n2)cc1. The van der Waals surface area contributed by atoms with Crippen LogP contribution in [0.2, 0.25) is 0 Å². The van der Waals surface area contributed by atoms with Gasteiger partial charge in [0.25, 0.3) is 0 Å². The molecule has 0 aliphatic carbocycles. The van der Waals surface area contributed by atoms with Crippen molar-refractivity contribution in [2.75, 3.05) is 0 Å². The molecule has 0 unspecified atom stereocenters. The maximum absolute atomic E-state index is 5.23. The molecule has 0 saturated heterocycles. The van der Waals surface area contributed by atoms with Gasteiger partial charge in [-0.3, -0.25) is 0 Å². The average molecular weight is 645 g/mol. The lowest BCUT2D eigenvalue weighted by Gasteiger charge is -2.12. The predicted octanol–water partition coefficient (Wildman–Crippen LogP) is 11.6. The maximum Gasteiger partial charge on any atom is 0.164 e. The zero-order chi connectivity index (χ0) is 32.6. The Bertz CT molecular complexity index is 2530. The minimum Gasteiger partial charge on any atom is -0.235 e. The van der Waals surface area contributed by atoms with Crippen LogP contribution < -0.4 is 0 Å². The lowest BCUT2D eigenvalue weighted by Crippen LogP contribution is -2.00. The van der Waals surface area contributed by atoms with E-state index in [2.05, 4.69) is 103 Å². The summed E-state index contributed by atoms with van der Waals surface area (Å²) in [5.74, 6) is 1.93. The van der Waals surface area contributed by atoms with Gasteiger partial charge in [0.2, 0.25) is 0 Å².